The number of rotatable bonds is 16. The molecule has 0 aliphatic carbocycles. The first-order valence-electron chi connectivity index (χ1n) is 12.7. The van der Waals surface area contributed by atoms with E-state index in [-0.39, 0.29) is 24.0 Å². The summed E-state index contributed by atoms with van der Waals surface area (Å²) in [5.41, 5.74) is 0.169. The van der Waals surface area contributed by atoms with Crippen molar-refractivity contribution in [3.05, 3.63) is 35.4 Å². The third-order valence-electron chi connectivity index (χ3n) is 5.82. The fourth-order valence-corrected chi connectivity index (χ4v) is 3.64. The van der Waals surface area contributed by atoms with Crippen molar-refractivity contribution >= 4 is 23.6 Å². The molecular formula is C26H42N4O4. The molecule has 0 heterocycles. The van der Waals surface area contributed by atoms with Crippen LogP contribution >= 0.6 is 0 Å². The zero-order chi connectivity index (χ0) is 25.3. The second-order valence-corrected chi connectivity index (χ2v) is 8.75. The summed E-state index contributed by atoms with van der Waals surface area (Å²) in [5, 5.41) is 1.19. The van der Waals surface area contributed by atoms with Crippen LogP contribution < -0.4 is 11.7 Å². The lowest BCUT2D eigenvalue weighted by Crippen LogP contribution is -2.43. The molecule has 0 saturated heterocycles. The Labute approximate surface area is 204 Å². The predicted molar refractivity (Wildman–Crippen MR) is 133 cm³/mol. The van der Waals surface area contributed by atoms with E-state index in [4.69, 9.17) is 11.7 Å². The van der Waals surface area contributed by atoms with Gasteiger partial charge in [0.15, 0.2) is 0 Å². The van der Waals surface area contributed by atoms with Gasteiger partial charge in [-0.1, -0.05) is 84.1 Å². The van der Waals surface area contributed by atoms with Crippen molar-refractivity contribution in [2.45, 2.75) is 104 Å². The maximum absolute atomic E-state index is 12.6. The van der Waals surface area contributed by atoms with Crippen LogP contribution in [0, 0.1) is 0 Å². The Morgan fingerprint density at radius 3 is 1.35 bits per heavy atom. The molecule has 0 aromatic heterocycles. The standard InChI is InChI=1S/C26H42N4O4/c1-3-5-7-9-11-13-18-23(31)29(27)25(33)21-16-15-17-22(20-21)26(34)30(28)24(32)19-14-12-10-8-6-4-2/h15-17,20H,3-14,18-19,27-28H2,1-2H3. The summed E-state index contributed by atoms with van der Waals surface area (Å²) in [4.78, 5) is 49.9. The van der Waals surface area contributed by atoms with Gasteiger partial charge in [0.2, 0.25) is 11.8 Å². The summed E-state index contributed by atoms with van der Waals surface area (Å²) in [5.74, 6) is 9.16. The van der Waals surface area contributed by atoms with E-state index in [0.29, 0.717) is 22.9 Å². The van der Waals surface area contributed by atoms with Gasteiger partial charge in [-0.15, -0.1) is 0 Å². The minimum absolute atomic E-state index is 0.0846. The van der Waals surface area contributed by atoms with Gasteiger partial charge in [0.05, 0.1) is 0 Å². The van der Waals surface area contributed by atoms with Gasteiger partial charge >= 0.3 is 0 Å². The number of imide groups is 2. The number of hydrogen-bond acceptors (Lipinski definition) is 6. The minimum atomic E-state index is -0.701. The highest BCUT2D eigenvalue weighted by molar-refractivity contribution is 6.07. The SMILES string of the molecule is CCCCCCCCC(=O)N(N)C(=O)c1cccc(C(=O)N(N)C(=O)CCCCCCCC)c1. The summed E-state index contributed by atoms with van der Waals surface area (Å²) in [6.45, 7) is 4.28. The average Bonchev–Trinajstić information content (AvgIpc) is 2.86. The van der Waals surface area contributed by atoms with Gasteiger partial charge in [-0.25, -0.2) is 21.7 Å². The second kappa shape index (κ2) is 16.9. The van der Waals surface area contributed by atoms with E-state index in [1.165, 1.54) is 37.1 Å². The van der Waals surface area contributed by atoms with E-state index in [9.17, 15) is 19.2 Å². The number of carbonyl (C=O) groups excluding carboxylic acids is 4. The molecule has 0 aliphatic rings. The smallest absolute Gasteiger partial charge is 0.273 e. The molecule has 1 aromatic carbocycles. The lowest BCUT2D eigenvalue weighted by Gasteiger charge is -2.17. The molecule has 0 bridgehead atoms. The van der Waals surface area contributed by atoms with E-state index < -0.39 is 23.6 Å². The van der Waals surface area contributed by atoms with Crippen LogP contribution in [-0.4, -0.2) is 33.6 Å². The maximum atomic E-state index is 12.6. The molecule has 0 fully saturated rings. The molecule has 1 rings (SSSR count). The van der Waals surface area contributed by atoms with Crippen molar-refractivity contribution in [3.8, 4) is 0 Å². The van der Waals surface area contributed by atoms with Gasteiger partial charge < -0.3 is 0 Å². The van der Waals surface area contributed by atoms with Crippen molar-refractivity contribution in [1.29, 1.82) is 0 Å². The summed E-state index contributed by atoms with van der Waals surface area (Å²) in [7, 11) is 0. The molecule has 4 N–H and O–H groups in total. The van der Waals surface area contributed by atoms with Crippen LogP contribution in [0.3, 0.4) is 0 Å². The monoisotopic (exact) mass is 474 g/mol. The predicted octanol–water partition coefficient (Wildman–Crippen LogP) is 4.87. The molecule has 0 spiro atoms. The first-order valence-corrected chi connectivity index (χ1v) is 12.7. The fraction of sp³-hybridized carbons (Fsp3) is 0.615. The Hall–Kier alpha value is -2.58. The molecule has 0 atom stereocenters. The van der Waals surface area contributed by atoms with Crippen LogP contribution in [0.2, 0.25) is 0 Å². The molecule has 0 unspecified atom stereocenters. The maximum Gasteiger partial charge on any atom is 0.274 e. The van der Waals surface area contributed by atoms with Crippen LogP contribution in [-0.2, 0) is 9.59 Å². The number of unbranched alkanes of at least 4 members (excludes halogenated alkanes) is 10. The average molecular weight is 475 g/mol. The molecular weight excluding hydrogens is 432 g/mol. The fourth-order valence-electron chi connectivity index (χ4n) is 3.64. The van der Waals surface area contributed by atoms with Gasteiger partial charge in [-0.05, 0) is 31.0 Å². The second-order valence-electron chi connectivity index (χ2n) is 8.75. The zero-order valence-corrected chi connectivity index (χ0v) is 20.9. The molecule has 0 aliphatic heterocycles. The van der Waals surface area contributed by atoms with Crippen molar-refractivity contribution in [2.75, 3.05) is 0 Å². The molecule has 0 saturated carbocycles. The molecule has 190 valence electrons. The van der Waals surface area contributed by atoms with Crippen LogP contribution in [0.5, 0.6) is 0 Å². The normalized spacial score (nSPS) is 10.7. The van der Waals surface area contributed by atoms with Crippen molar-refractivity contribution in [2.24, 2.45) is 11.7 Å². The third kappa shape index (κ3) is 10.6. The lowest BCUT2D eigenvalue weighted by molar-refractivity contribution is -0.129. The Kier molecular flexibility index (Phi) is 14.7. The number of benzene rings is 1. The number of nitrogens with zero attached hydrogens (tertiary/aromatic N) is 2. The van der Waals surface area contributed by atoms with Crippen LogP contribution in [0.15, 0.2) is 24.3 Å². The Balaban J connectivity index is 2.59. The minimum Gasteiger partial charge on any atom is -0.273 e. The molecule has 34 heavy (non-hydrogen) atoms. The summed E-state index contributed by atoms with van der Waals surface area (Å²) in [6.07, 6.45) is 12.6. The quantitative estimate of drug-likeness (QED) is 0.152. The first-order chi connectivity index (χ1) is 16.3. The van der Waals surface area contributed by atoms with Gasteiger partial charge in [0.1, 0.15) is 0 Å². The summed E-state index contributed by atoms with van der Waals surface area (Å²) < 4.78 is 0. The van der Waals surface area contributed by atoms with E-state index >= 15 is 0 Å². The van der Waals surface area contributed by atoms with E-state index in [1.54, 1.807) is 0 Å². The van der Waals surface area contributed by atoms with Gasteiger partial charge in [-0.3, -0.25) is 19.2 Å². The number of hydrazine groups is 2. The molecule has 0 radical (unpaired) electrons. The van der Waals surface area contributed by atoms with Crippen LogP contribution in [0.25, 0.3) is 0 Å². The zero-order valence-electron chi connectivity index (χ0n) is 20.9. The lowest BCUT2D eigenvalue weighted by atomic mass is 10.1. The number of hydrogen-bond donors (Lipinski definition) is 2. The molecule has 1 aromatic rings. The van der Waals surface area contributed by atoms with Crippen molar-refractivity contribution in [3.63, 3.8) is 0 Å². The highest BCUT2D eigenvalue weighted by atomic mass is 16.2. The Morgan fingerprint density at radius 2 is 0.971 bits per heavy atom. The van der Waals surface area contributed by atoms with Gasteiger partial charge in [-0.2, -0.15) is 0 Å². The first kappa shape index (κ1) is 29.5. The molecule has 8 nitrogen and oxygen atoms in total. The number of carbonyl (C=O) groups is 4. The Bertz CT molecular complexity index is 736. The summed E-state index contributed by atoms with van der Waals surface area (Å²) in [6, 6.07) is 5.74. The van der Waals surface area contributed by atoms with Gasteiger partial charge in [0, 0.05) is 24.0 Å². The van der Waals surface area contributed by atoms with Crippen LogP contribution in [0.4, 0.5) is 0 Å². The van der Waals surface area contributed by atoms with E-state index in [0.717, 1.165) is 51.4 Å². The highest BCUT2D eigenvalue weighted by Gasteiger charge is 2.23. The number of nitrogens with two attached hydrogens (primary N) is 2. The largest absolute Gasteiger partial charge is 0.274 e. The molecule has 8 heteroatoms. The summed E-state index contributed by atoms with van der Waals surface area (Å²) >= 11 is 0. The topological polar surface area (TPSA) is 127 Å². The van der Waals surface area contributed by atoms with Crippen molar-refractivity contribution in [1.82, 2.24) is 10.0 Å². The Morgan fingerprint density at radius 1 is 0.618 bits per heavy atom. The number of amides is 4. The van der Waals surface area contributed by atoms with Crippen molar-refractivity contribution < 1.29 is 19.2 Å². The third-order valence-corrected chi connectivity index (χ3v) is 5.82. The molecule has 4 amide bonds. The van der Waals surface area contributed by atoms with E-state index in [2.05, 4.69) is 13.8 Å². The van der Waals surface area contributed by atoms with Gasteiger partial charge in [0.25, 0.3) is 11.8 Å². The van der Waals surface area contributed by atoms with Crippen LogP contribution in [0.1, 0.15) is 124 Å². The van der Waals surface area contributed by atoms with E-state index in [1.807, 2.05) is 0 Å². The highest BCUT2D eigenvalue weighted by Crippen LogP contribution is 2.13.